The standard InChI is InChI=1S/C35H38Cl2N4O4S/c1-23(24-6-4-3-5-7-24)38-35(42)33-28-21-27(46(2,43)44)9-11-32(28)39-34(25-8-10-30(36)31(37)20-25)29(33)22-40-14-12-26(13-15-40)41-16-18-45-19-17-41/h3-11,20-21,23,26H,12-19,22H2,1-2H3,(H,38,42)/t23-/m0/s1. The Morgan fingerprint density at radius 3 is 2.37 bits per heavy atom. The fourth-order valence-corrected chi connectivity index (χ4v) is 7.46. The number of amides is 1. The second kappa shape index (κ2) is 14.0. The number of pyridine rings is 1. The Morgan fingerprint density at radius 2 is 1.70 bits per heavy atom. The Bertz CT molecular complexity index is 1840. The van der Waals surface area contributed by atoms with Gasteiger partial charge in [0.2, 0.25) is 0 Å². The summed E-state index contributed by atoms with van der Waals surface area (Å²) >= 11 is 12.8. The summed E-state index contributed by atoms with van der Waals surface area (Å²) in [6, 6.07) is 20.1. The van der Waals surface area contributed by atoms with Crippen LogP contribution in [0.5, 0.6) is 0 Å². The number of aromatic nitrogens is 1. The average molecular weight is 682 g/mol. The number of nitrogens with zero attached hydrogens (tertiary/aromatic N) is 3. The van der Waals surface area contributed by atoms with Gasteiger partial charge in [-0.1, -0.05) is 59.6 Å². The molecule has 11 heteroatoms. The van der Waals surface area contributed by atoms with Crippen LogP contribution >= 0.6 is 23.2 Å². The molecular formula is C35H38Cl2N4O4S. The maximum absolute atomic E-state index is 14.5. The molecule has 2 aliphatic heterocycles. The summed E-state index contributed by atoms with van der Waals surface area (Å²) in [6.07, 6.45) is 3.18. The molecule has 3 aromatic carbocycles. The van der Waals surface area contributed by atoms with Crippen molar-refractivity contribution in [2.75, 3.05) is 45.6 Å². The number of sulfone groups is 1. The van der Waals surface area contributed by atoms with E-state index >= 15 is 0 Å². The summed E-state index contributed by atoms with van der Waals surface area (Å²) in [4.78, 5) is 24.5. The van der Waals surface area contributed by atoms with E-state index in [4.69, 9.17) is 32.9 Å². The molecule has 1 amide bonds. The molecule has 0 aliphatic carbocycles. The smallest absolute Gasteiger partial charge is 0.252 e. The van der Waals surface area contributed by atoms with E-state index in [1.807, 2.05) is 43.3 Å². The lowest BCUT2D eigenvalue weighted by molar-refractivity contribution is 0.000226. The minimum atomic E-state index is -3.55. The van der Waals surface area contributed by atoms with Gasteiger partial charge in [-0.05, 0) is 68.8 Å². The van der Waals surface area contributed by atoms with Crippen molar-refractivity contribution in [2.24, 2.45) is 0 Å². The zero-order chi connectivity index (χ0) is 32.4. The predicted molar refractivity (Wildman–Crippen MR) is 183 cm³/mol. The summed E-state index contributed by atoms with van der Waals surface area (Å²) < 4.78 is 30.9. The molecule has 4 aromatic rings. The SMILES string of the molecule is C[C@H](NC(=O)c1c(CN2CCC(N3CCOCC3)CC2)c(-c2ccc(Cl)c(Cl)c2)nc2ccc(S(C)(=O)=O)cc12)c1ccccc1. The van der Waals surface area contributed by atoms with Crippen LogP contribution in [0.1, 0.15) is 47.3 Å². The minimum Gasteiger partial charge on any atom is -0.379 e. The molecule has 2 fully saturated rings. The van der Waals surface area contributed by atoms with Crippen LogP contribution in [-0.4, -0.2) is 80.8 Å². The monoisotopic (exact) mass is 680 g/mol. The Kier molecular flexibility index (Phi) is 9.99. The highest BCUT2D eigenvalue weighted by atomic mass is 35.5. The van der Waals surface area contributed by atoms with Gasteiger partial charge < -0.3 is 10.1 Å². The summed E-state index contributed by atoms with van der Waals surface area (Å²) in [7, 11) is -3.55. The molecule has 2 aliphatic rings. The highest BCUT2D eigenvalue weighted by Gasteiger charge is 2.29. The van der Waals surface area contributed by atoms with Crippen LogP contribution in [0.25, 0.3) is 22.2 Å². The molecule has 3 heterocycles. The highest BCUT2D eigenvalue weighted by Crippen LogP contribution is 2.36. The summed E-state index contributed by atoms with van der Waals surface area (Å²) in [5, 5.41) is 4.48. The van der Waals surface area contributed by atoms with Crippen molar-refractivity contribution in [3.63, 3.8) is 0 Å². The van der Waals surface area contributed by atoms with Crippen molar-refractivity contribution in [1.29, 1.82) is 0 Å². The highest BCUT2D eigenvalue weighted by molar-refractivity contribution is 7.90. The number of nitrogens with one attached hydrogen (secondary N) is 1. The maximum Gasteiger partial charge on any atom is 0.252 e. The van der Waals surface area contributed by atoms with Crippen LogP contribution in [0.2, 0.25) is 10.0 Å². The number of fused-ring (bicyclic) bond motifs is 1. The summed E-state index contributed by atoms with van der Waals surface area (Å²) in [5.41, 5.74) is 3.95. The third kappa shape index (κ3) is 7.25. The molecule has 1 atom stereocenters. The van der Waals surface area contributed by atoms with Gasteiger partial charge in [0, 0.05) is 48.4 Å². The van der Waals surface area contributed by atoms with Crippen LogP contribution in [0.3, 0.4) is 0 Å². The second-order valence-corrected chi connectivity index (χ2v) is 15.0. The molecule has 2 saturated heterocycles. The van der Waals surface area contributed by atoms with E-state index in [2.05, 4.69) is 15.1 Å². The Hall–Kier alpha value is -3.05. The molecule has 0 saturated carbocycles. The molecule has 242 valence electrons. The van der Waals surface area contributed by atoms with Crippen LogP contribution < -0.4 is 5.32 Å². The Balaban J connectivity index is 1.46. The molecule has 0 radical (unpaired) electrons. The van der Waals surface area contributed by atoms with E-state index in [0.717, 1.165) is 68.9 Å². The van der Waals surface area contributed by atoms with Crippen molar-refractivity contribution in [2.45, 2.75) is 43.3 Å². The number of hydrogen-bond donors (Lipinski definition) is 1. The van der Waals surface area contributed by atoms with Crippen molar-refractivity contribution in [1.82, 2.24) is 20.1 Å². The maximum atomic E-state index is 14.5. The number of likely N-dealkylation sites (tertiary alicyclic amines) is 1. The number of ether oxygens (including phenoxy) is 1. The van der Waals surface area contributed by atoms with Gasteiger partial charge >= 0.3 is 0 Å². The lowest BCUT2D eigenvalue weighted by Crippen LogP contribution is -2.48. The lowest BCUT2D eigenvalue weighted by Gasteiger charge is -2.40. The van der Waals surface area contributed by atoms with Crippen LogP contribution in [0.4, 0.5) is 0 Å². The fourth-order valence-electron chi connectivity index (χ4n) is 6.51. The first-order valence-electron chi connectivity index (χ1n) is 15.6. The second-order valence-electron chi connectivity index (χ2n) is 12.2. The number of halogens is 2. The number of rotatable bonds is 8. The van der Waals surface area contributed by atoms with E-state index in [9.17, 15) is 13.2 Å². The Labute approximate surface area is 280 Å². The Morgan fingerprint density at radius 1 is 0.978 bits per heavy atom. The minimum absolute atomic E-state index is 0.131. The van der Waals surface area contributed by atoms with Gasteiger partial charge in [0.15, 0.2) is 9.84 Å². The van der Waals surface area contributed by atoms with Crippen molar-refractivity contribution < 1.29 is 17.9 Å². The lowest BCUT2D eigenvalue weighted by atomic mass is 9.94. The van der Waals surface area contributed by atoms with Gasteiger partial charge in [-0.25, -0.2) is 13.4 Å². The average Bonchev–Trinajstić information content (AvgIpc) is 3.06. The first kappa shape index (κ1) is 32.9. The summed E-state index contributed by atoms with van der Waals surface area (Å²) in [6.45, 7) is 7.54. The largest absolute Gasteiger partial charge is 0.379 e. The molecule has 46 heavy (non-hydrogen) atoms. The van der Waals surface area contributed by atoms with Crippen LogP contribution in [0.15, 0.2) is 71.6 Å². The molecule has 0 bridgehead atoms. The first-order valence-corrected chi connectivity index (χ1v) is 18.3. The van der Waals surface area contributed by atoms with E-state index < -0.39 is 9.84 Å². The molecule has 0 unspecified atom stereocenters. The molecule has 6 rings (SSSR count). The summed E-state index contributed by atoms with van der Waals surface area (Å²) in [5.74, 6) is -0.297. The van der Waals surface area contributed by atoms with E-state index in [0.29, 0.717) is 44.8 Å². The zero-order valence-corrected chi connectivity index (χ0v) is 28.3. The molecule has 0 spiro atoms. The van der Waals surface area contributed by atoms with Gasteiger partial charge in [0.05, 0.1) is 51.0 Å². The first-order chi connectivity index (χ1) is 22.1. The number of benzene rings is 3. The zero-order valence-electron chi connectivity index (χ0n) is 26.0. The predicted octanol–water partition coefficient (Wildman–Crippen LogP) is 6.40. The molecular weight excluding hydrogens is 643 g/mol. The van der Waals surface area contributed by atoms with Gasteiger partial charge in [-0.3, -0.25) is 14.6 Å². The molecule has 1 N–H and O–H groups in total. The van der Waals surface area contributed by atoms with E-state index in [1.54, 1.807) is 24.3 Å². The number of carbonyl (C=O) groups is 1. The van der Waals surface area contributed by atoms with Crippen LogP contribution in [-0.2, 0) is 21.1 Å². The van der Waals surface area contributed by atoms with Crippen molar-refractivity contribution in [3.8, 4) is 11.3 Å². The van der Waals surface area contributed by atoms with Crippen LogP contribution in [0, 0.1) is 0 Å². The molecule has 1 aromatic heterocycles. The quantitative estimate of drug-likeness (QED) is 0.230. The molecule has 8 nitrogen and oxygen atoms in total. The van der Waals surface area contributed by atoms with E-state index in [1.165, 1.54) is 12.3 Å². The van der Waals surface area contributed by atoms with E-state index in [-0.39, 0.29) is 16.8 Å². The number of morpholine rings is 1. The van der Waals surface area contributed by atoms with Gasteiger partial charge in [0.25, 0.3) is 5.91 Å². The van der Waals surface area contributed by atoms with Crippen molar-refractivity contribution in [3.05, 3.63) is 93.5 Å². The number of hydrogen-bond acceptors (Lipinski definition) is 7. The normalized spacial score (nSPS) is 17.7. The van der Waals surface area contributed by atoms with Gasteiger partial charge in [-0.2, -0.15) is 0 Å². The number of piperidine rings is 1. The topological polar surface area (TPSA) is 91.8 Å². The van der Waals surface area contributed by atoms with Crippen molar-refractivity contribution >= 4 is 49.8 Å². The fraction of sp³-hybridized carbons (Fsp3) is 0.371. The van der Waals surface area contributed by atoms with Gasteiger partial charge in [0.1, 0.15) is 0 Å². The number of carbonyl (C=O) groups excluding carboxylic acids is 1. The van der Waals surface area contributed by atoms with Gasteiger partial charge in [-0.15, -0.1) is 0 Å². The third-order valence-electron chi connectivity index (χ3n) is 9.05. The third-order valence-corrected chi connectivity index (χ3v) is 10.9.